The molecule has 0 heterocycles. The molecule has 0 fully saturated rings. The van der Waals surface area contributed by atoms with Gasteiger partial charge in [0, 0.05) is 25.9 Å². The molecule has 0 N–H and O–H groups in total. The van der Waals surface area contributed by atoms with Crippen molar-refractivity contribution in [3.8, 4) is 0 Å². The molecule has 0 spiro atoms. The summed E-state index contributed by atoms with van der Waals surface area (Å²) in [5.74, 6) is -0.581. The number of carbonyl (C=O) groups excluding carboxylic acids is 1. The number of carbonyl (C=O) groups is 1. The van der Waals surface area contributed by atoms with Crippen LogP contribution in [0.25, 0.3) is 0 Å². The summed E-state index contributed by atoms with van der Waals surface area (Å²) < 4.78 is 13.0. The van der Waals surface area contributed by atoms with Crippen molar-refractivity contribution in [3.63, 3.8) is 0 Å². The number of rotatable bonds is 3. The summed E-state index contributed by atoms with van der Waals surface area (Å²) >= 11 is 3.89. The van der Waals surface area contributed by atoms with Gasteiger partial charge in [-0.05, 0) is 6.92 Å². The fourth-order valence-corrected chi connectivity index (χ4v) is 0.962. The Hall–Kier alpha value is -0.770. The van der Waals surface area contributed by atoms with Crippen molar-refractivity contribution >= 4 is 18.9 Å². The van der Waals surface area contributed by atoms with Crippen LogP contribution in [0.5, 0.6) is 0 Å². The molecule has 0 saturated carbocycles. The molecule has 0 saturated heterocycles. The largest absolute Gasteiger partial charge is 0.383 e. The van der Waals surface area contributed by atoms with E-state index in [-0.39, 0.29) is 10.5 Å². The van der Waals surface area contributed by atoms with Crippen molar-refractivity contribution in [2.45, 2.75) is 6.92 Å². The molecule has 0 bridgehead atoms. The molecule has 0 aliphatic heterocycles. The minimum atomic E-state index is -0.581. The lowest BCUT2D eigenvalue weighted by Gasteiger charge is -2.06. The molecule has 0 aliphatic carbocycles. The molecular formula is C8H12FNOS. The summed E-state index contributed by atoms with van der Waals surface area (Å²) in [5, 5.41) is 0. The predicted molar refractivity (Wildman–Crippen MR) is 50.6 cm³/mol. The molecule has 4 heteroatoms. The minimum Gasteiger partial charge on any atom is -0.383 e. The maximum atomic E-state index is 13.0. The number of hydrogen-bond acceptors (Lipinski definition) is 3. The molecule has 2 nitrogen and oxygen atoms in total. The van der Waals surface area contributed by atoms with E-state index >= 15 is 0 Å². The maximum Gasteiger partial charge on any atom is 0.148 e. The number of halogens is 1. The van der Waals surface area contributed by atoms with Gasteiger partial charge in [-0.15, -0.1) is 12.6 Å². The maximum absolute atomic E-state index is 13.0. The lowest BCUT2D eigenvalue weighted by Crippen LogP contribution is -2.02. The van der Waals surface area contributed by atoms with Gasteiger partial charge in [-0.2, -0.15) is 0 Å². The second-order valence-electron chi connectivity index (χ2n) is 2.59. The first-order chi connectivity index (χ1) is 5.49. The van der Waals surface area contributed by atoms with Gasteiger partial charge in [0.1, 0.15) is 12.1 Å². The third kappa shape index (κ3) is 3.57. The highest BCUT2D eigenvalue weighted by Crippen LogP contribution is 2.18. The molecule has 0 aromatic carbocycles. The molecule has 0 aromatic heterocycles. The Morgan fingerprint density at radius 2 is 2.00 bits per heavy atom. The highest BCUT2D eigenvalue weighted by atomic mass is 32.1. The second-order valence-corrected chi connectivity index (χ2v) is 3.07. The van der Waals surface area contributed by atoms with E-state index in [0.717, 1.165) is 0 Å². The number of aldehydes is 1. The van der Waals surface area contributed by atoms with Gasteiger partial charge in [-0.1, -0.05) is 0 Å². The molecule has 0 rings (SSSR count). The Bertz CT molecular complexity index is 233. The van der Waals surface area contributed by atoms with E-state index in [4.69, 9.17) is 0 Å². The van der Waals surface area contributed by atoms with E-state index in [1.54, 1.807) is 19.0 Å². The first kappa shape index (κ1) is 11.2. The Morgan fingerprint density at radius 3 is 2.33 bits per heavy atom. The van der Waals surface area contributed by atoms with E-state index in [1.165, 1.54) is 13.1 Å². The van der Waals surface area contributed by atoms with Crippen LogP contribution in [0.4, 0.5) is 4.39 Å². The Morgan fingerprint density at radius 1 is 1.50 bits per heavy atom. The lowest BCUT2D eigenvalue weighted by atomic mass is 10.3. The monoisotopic (exact) mass is 189 g/mol. The third-order valence-corrected chi connectivity index (χ3v) is 1.44. The zero-order valence-corrected chi connectivity index (χ0v) is 8.23. The van der Waals surface area contributed by atoms with Gasteiger partial charge >= 0.3 is 0 Å². The first-order valence-electron chi connectivity index (χ1n) is 3.38. The van der Waals surface area contributed by atoms with Gasteiger partial charge in [0.15, 0.2) is 0 Å². The van der Waals surface area contributed by atoms with Crippen LogP contribution in [0.2, 0.25) is 0 Å². The highest BCUT2D eigenvalue weighted by molar-refractivity contribution is 7.84. The van der Waals surface area contributed by atoms with Crippen molar-refractivity contribution in [3.05, 3.63) is 22.5 Å². The molecule has 12 heavy (non-hydrogen) atoms. The van der Waals surface area contributed by atoms with Crippen molar-refractivity contribution in [2.75, 3.05) is 14.1 Å². The highest BCUT2D eigenvalue weighted by Gasteiger charge is 2.03. The van der Waals surface area contributed by atoms with Gasteiger partial charge in [0.25, 0.3) is 0 Å². The molecule has 68 valence electrons. The predicted octanol–water partition coefficient (Wildman–Crippen LogP) is 1.76. The Labute approximate surface area is 77.2 Å². The smallest absolute Gasteiger partial charge is 0.148 e. The van der Waals surface area contributed by atoms with E-state index in [9.17, 15) is 9.18 Å². The molecular weight excluding hydrogens is 177 g/mol. The van der Waals surface area contributed by atoms with Gasteiger partial charge in [0.2, 0.25) is 0 Å². The van der Waals surface area contributed by atoms with Crippen LogP contribution in [0.15, 0.2) is 22.5 Å². The molecule has 0 atom stereocenters. The van der Waals surface area contributed by atoms with Gasteiger partial charge in [-0.25, -0.2) is 4.39 Å². The molecule has 0 unspecified atom stereocenters. The SMILES string of the molecule is C/C(C=O)=C(F)/C(S)=C\N(C)C. The molecule has 0 radical (unpaired) electrons. The van der Waals surface area contributed by atoms with Gasteiger partial charge in [0.05, 0.1) is 4.91 Å². The summed E-state index contributed by atoms with van der Waals surface area (Å²) in [6.07, 6.45) is 1.96. The third-order valence-electron chi connectivity index (χ3n) is 1.13. The Balaban J connectivity index is 4.70. The van der Waals surface area contributed by atoms with Crippen molar-refractivity contribution in [1.29, 1.82) is 0 Å². The fraction of sp³-hybridized carbons (Fsp3) is 0.375. The van der Waals surface area contributed by atoms with Crippen LogP contribution in [-0.2, 0) is 4.79 Å². The average molecular weight is 189 g/mol. The standard InChI is InChI=1S/C8H12FNOS/c1-6(5-11)8(9)7(12)4-10(2)3/h4-5,12H,1-3H3/b7-4+,8-6+. The van der Waals surface area contributed by atoms with E-state index in [2.05, 4.69) is 12.6 Å². The van der Waals surface area contributed by atoms with Gasteiger partial charge < -0.3 is 4.90 Å². The fourth-order valence-electron chi connectivity index (χ4n) is 0.555. The van der Waals surface area contributed by atoms with Crippen LogP contribution in [0, 0.1) is 0 Å². The quantitative estimate of drug-likeness (QED) is 0.316. The number of thiol groups is 1. The molecule has 0 aliphatic rings. The number of hydrogen-bond donors (Lipinski definition) is 1. The van der Waals surface area contributed by atoms with Crippen LogP contribution < -0.4 is 0 Å². The van der Waals surface area contributed by atoms with E-state index in [0.29, 0.717) is 6.29 Å². The van der Waals surface area contributed by atoms with Crippen LogP contribution >= 0.6 is 12.6 Å². The zero-order valence-electron chi connectivity index (χ0n) is 7.34. The van der Waals surface area contributed by atoms with Crippen LogP contribution in [-0.4, -0.2) is 25.3 Å². The Kier molecular flexibility index (Phi) is 4.66. The van der Waals surface area contributed by atoms with Crippen LogP contribution in [0.1, 0.15) is 6.92 Å². The lowest BCUT2D eigenvalue weighted by molar-refractivity contribution is -0.104. The number of nitrogens with zero attached hydrogens (tertiary/aromatic N) is 1. The minimum absolute atomic E-state index is 0.0538. The summed E-state index contributed by atoms with van der Waals surface area (Å²) in [4.78, 5) is 12.0. The number of allylic oxidation sites excluding steroid dienone is 2. The summed E-state index contributed by atoms with van der Waals surface area (Å²) in [6.45, 7) is 1.40. The van der Waals surface area contributed by atoms with Crippen LogP contribution in [0.3, 0.4) is 0 Å². The topological polar surface area (TPSA) is 20.3 Å². The summed E-state index contributed by atoms with van der Waals surface area (Å²) in [7, 11) is 3.50. The van der Waals surface area contributed by atoms with E-state index < -0.39 is 5.83 Å². The summed E-state index contributed by atoms with van der Waals surface area (Å²) in [5.41, 5.74) is 0.0538. The van der Waals surface area contributed by atoms with Gasteiger partial charge in [-0.3, -0.25) is 4.79 Å². The zero-order chi connectivity index (χ0) is 9.72. The average Bonchev–Trinajstić information content (AvgIpc) is 2.00. The summed E-state index contributed by atoms with van der Waals surface area (Å²) in [6, 6.07) is 0. The normalized spacial score (nSPS) is 13.9. The first-order valence-corrected chi connectivity index (χ1v) is 3.83. The van der Waals surface area contributed by atoms with Crippen molar-refractivity contribution in [2.24, 2.45) is 0 Å². The second kappa shape index (κ2) is 4.98. The van der Waals surface area contributed by atoms with Crippen molar-refractivity contribution < 1.29 is 9.18 Å². The van der Waals surface area contributed by atoms with Crippen molar-refractivity contribution in [1.82, 2.24) is 4.90 Å². The van der Waals surface area contributed by atoms with E-state index in [1.807, 2.05) is 0 Å². The molecule has 0 amide bonds. The molecule has 0 aromatic rings.